The van der Waals surface area contributed by atoms with Gasteiger partial charge in [-0.15, -0.1) is 0 Å². The summed E-state index contributed by atoms with van der Waals surface area (Å²) < 4.78 is 27.4. The zero-order valence-corrected chi connectivity index (χ0v) is 16.9. The standard InChI is InChI=1S/C18H25N5O4S/c1-22(2)16-8-6-13(28(26,27)23-10-4-3-5-11-23)12-15(16)19-18(25)14-7-9-17(24)21-20-14/h6,8,12H,3-5,7,9-11H2,1-2H3,(H,19,25)(H,21,24). The maximum Gasteiger partial charge on any atom is 0.271 e. The molecule has 1 fully saturated rings. The van der Waals surface area contributed by atoms with E-state index in [0.717, 1.165) is 19.3 Å². The lowest BCUT2D eigenvalue weighted by Crippen LogP contribution is -2.36. The fraction of sp³-hybridized carbons (Fsp3) is 0.500. The summed E-state index contributed by atoms with van der Waals surface area (Å²) in [5.74, 6) is -0.698. The van der Waals surface area contributed by atoms with E-state index < -0.39 is 15.9 Å². The molecule has 2 amide bonds. The van der Waals surface area contributed by atoms with E-state index in [-0.39, 0.29) is 29.4 Å². The smallest absolute Gasteiger partial charge is 0.271 e. The van der Waals surface area contributed by atoms with Crippen LogP contribution in [0.25, 0.3) is 0 Å². The predicted molar refractivity (Wildman–Crippen MR) is 107 cm³/mol. The highest BCUT2D eigenvalue weighted by molar-refractivity contribution is 7.89. The van der Waals surface area contributed by atoms with Crippen LogP contribution >= 0.6 is 0 Å². The molecule has 1 saturated heterocycles. The summed E-state index contributed by atoms with van der Waals surface area (Å²) in [5, 5.41) is 6.54. The van der Waals surface area contributed by atoms with Crippen molar-refractivity contribution in [2.45, 2.75) is 37.0 Å². The van der Waals surface area contributed by atoms with Gasteiger partial charge in [0, 0.05) is 40.0 Å². The molecule has 10 heteroatoms. The van der Waals surface area contributed by atoms with Crippen LogP contribution in [0, 0.1) is 0 Å². The maximum atomic E-state index is 13.0. The Balaban J connectivity index is 1.89. The number of amides is 2. The highest BCUT2D eigenvalue weighted by atomic mass is 32.2. The second-order valence-electron chi connectivity index (χ2n) is 7.09. The monoisotopic (exact) mass is 407 g/mol. The zero-order valence-electron chi connectivity index (χ0n) is 16.1. The molecule has 1 aromatic carbocycles. The molecule has 0 unspecified atom stereocenters. The van der Waals surface area contributed by atoms with Crippen LogP contribution in [0.3, 0.4) is 0 Å². The van der Waals surface area contributed by atoms with Crippen molar-refractivity contribution in [3.8, 4) is 0 Å². The van der Waals surface area contributed by atoms with Gasteiger partial charge in [0.25, 0.3) is 5.91 Å². The number of hydrazone groups is 1. The normalized spacial score (nSPS) is 18.2. The van der Waals surface area contributed by atoms with Gasteiger partial charge in [0.2, 0.25) is 15.9 Å². The number of rotatable bonds is 5. The summed E-state index contributed by atoms with van der Waals surface area (Å²) in [7, 11) is -0.00329. The summed E-state index contributed by atoms with van der Waals surface area (Å²) in [6.45, 7) is 1.02. The molecule has 2 aliphatic rings. The van der Waals surface area contributed by atoms with Gasteiger partial charge in [0.15, 0.2) is 0 Å². The summed E-state index contributed by atoms with van der Waals surface area (Å²) in [4.78, 5) is 25.7. The van der Waals surface area contributed by atoms with E-state index in [4.69, 9.17) is 0 Å². The number of hydrogen-bond donors (Lipinski definition) is 2. The average molecular weight is 407 g/mol. The Labute approximate surface area is 164 Å². The Morgan fingerprint density at radius 3 is 2.50 bits per heavy atom. The second kappa shape index (κ2) is 8.27. The molecule has 0 radical (unpaired) electrons. The van der Waals surface area contributed by atoms with Crippen molar-refractivity contribution in [2.24, 2.45) is 5.10 Å². The van der Waals surface area contributed by atoms with E-state index in [9.17, 15) is 18.0 Å². The Hall–Kier alpha value is -2.46. The molecule has 3 rings (SSSR count). The van der Waals surface area contributed by atoms with Crippen LogP contribution in [0.15, 0.2) is 28.2 Å². The fourth-order valence-electron chi connectivity index (χ4n) is 3.25. The van der Waals surface area contributed by atoms with Crippen LogP contribution in [0.1, 0.15) is 32.1 Å². The van der Waals surface area contributed by atoms with E-state index in [1.165, 1.54) is 10.4 Å². The predicted octanol–water partition coefficient (Wildman–Crippen LogP) is 1.13. The third-order valence-electron chi connectivity index (χ3n) is 4.82. The summed E-state index contributed by atoms with van der Waals surface area (Å²) >= 11 is 0. The summed E-state index contributed by atoms with van der Waals surface area (Å²) in [6.07, 6.45) is 3.16. The van der Waals surface area contributed by atoms with Crippen molar-refractivity contribution in [1.82, 2.24) is 9.73 Å². The number of benzene rings is 1. The minimum absolute atomic E-state index is 0.147. The molecule has 0 atom stereocenters. The number of nitrogens with zero attached hydrogens (tertiary/aromatic N) is 3. The molecule has 28 heavy (non-hydrogen) atoms. The SMILES string of the molecule is CN(C)c1ccc(S(=O)(=O)N2CCCCC2)cc1NC(=O)C1=NNC(=O)CC1. The van der Waals surface area contributed by atoms with E-state index in [0.29, 0.717) is 24.5 Å². The van der Waals surface area contributed by atoms with Gasteiger partial charge < -0.3 is 10.2 Å². The first kappa shape index (κ1) is 20.3. The van der Waals surface area contributed by atoms with Crippen LogP contribution in [-0.4, -0.2) is 57.4 Å². The van der Waals surface area contributed by atoms with Gasteiger partial charge in [-0.2, -0.15) is 9.41 Å². The lowest BCUT2D eigenvalue weighted by molar-refractivity contribution is -0.121. The molecule has 1 aromatic rings. The lowest BCUT2D eigenvalue weighted by atomic mass is 10.1. The summed E-state index contributed by atoms with van der Waals surface area (Å²) in [6, 6.07) is 4.73. The highest BCUT2D eigenvalue weighted by Crippen LogP contribution is 2.30. The van der Waals surface area contributed by atoms with E-state index in [2.05, 4.69) is 15.8 Å². The van der Waals surface area contributed by atoms with Gasteiger partial charge in [-0.05, 0) is 31.0 Å². The van der Waals surface area contributed by atoms with Crippen molar-refractivity contribution < 1.29 is 18.0 Å². The number of carbonyl (C=O) groups excluding carboxylic acids is 2. The van der Waals surface area contributed by atoms with Crippen molar-refractivity contribution in [3.63, 3.8) is 0 Å². The van der Waals surface area contributed by atoms with Gasteiger partial charge in [-0.3, -0.25) is 9.59 Å². The molecule has 0 aliphatic carbocycles. The van der Waals surface area contributed by atoms with E-state index >= 15 is 0 Å². The Morgan fingerprint density at radius 1 is 1.18 bits per heavy atom. The van der Waals surface area contributed by atoms with Crippen molar-refractivity contribution in [3.05, 3.63) is 18.2 Å². The molecule has 2 N–H and O–H groups in total. The molecule has 2 aliphatic heterocycles. The minimum Gasteiger partial charge on any atom is -0.376 e. The average Bonchev–Trinajstić information content (AvgIpc) is 2.69. The third kappa shape index (κ3) is 4.33. The summed E-state index contributed by atoms with van der Waals surface area (Å²) in [5.41, 5.74) is 3.55. The number of nitrogens with one attached hydrogen (secondary N) is 2. The first-order valence-electron chi connectivity index (χ1n) is 9.27. The number of sulfonamides is 1. The topological polar surface area (TPSA) is 111 Å². The van der Waals surface area contributed by atoms with Crippen LogP contribution in [0.4, 0.5) is 11.4 Å². The molecule has 152 valence electrons. The molecule has 0 aromatic heterocycles. The van der Waals surface area contributed by atoms with Gasteiger partial charge in [-0.25, -0.2) is 13.8 Å². The molecule has 9 nitrogen and oxygen atoms in total. The Bertz CT molecular complexity index is 905. The van der Waals surface area contributed by atoms with Gasteiger partial charge in [0.1, 0.15) is 5.71 Å². The van der Waals surface area contributed by atoms with Crippen LogP contribution < -0.4 is 15.6 Å². The van der Waals surface area contributed by atoms with Crippen molar-refractivity contribution in [1.29, 1.82) is 0 Å². The van der Waals surface area contributed by atoms with Crippen molar-refractivity contribution >= 4 is 38.9 Å². The second-order valence-corrected chi connectivity index (χ2v) is 9.02. The molecule has 0 bridgehead atoms. The van der Waals surface area contributed by atoms with Crippen LogP contribution in [0.2, 0.25) is 0 Å². The van der Waals surface area contributed by atoms with Gasteiger partial charge in [-0.1, -0.05) is 6.42 Å². The third-order valence-corrected chi connectivity index (χ3v) is 6.71. The minimum atomic E-state index is -3.62. The van der Waals surface area contributed by atoms with E-state index in [1.54, 1.807) is 17.0 Å². The Kier molecular flexibility index (Phi) is 5.99. The zero-order chi connectivity index (χ0) is 20.3. The lowest BCUT2D eigenvalue weighted by Gasteiger charge is -2.27. The first-order valence-corrected chi connectivity index (χ1v) is 10.7. The maximum absolute atomic E-state index is 13.0. The number of hydrogen-bond acceptors (Lipinski definition) is 6. The van der Waals surface area contributed by atoms with Crippen LogP contribution in [0.5, 0.6) is 0 Å². The molecule has 2 heterocycles. The molecule has 0 spiro atoms. The number of anilines is 2. The van der Waals surface area contributed by atoms with Crippen molar-refractivity contribution in [2.75, 3.05) is 37.4 Å². The number of carbonyl (C=O) groups is 2. The van der Waals surface area contributed by atoms with E-state index in [1.807, 2.05) is 14.1 Å². The van der Waals surface area contributed by atoms with Crippen LogP contribution in [-0.2, 0) is 19.6 Å². The quantitative estimate of drug-likeness (QED) is 0.760. The van der Waals surface area contributed by atoms with Gasteiger partial charge in [0.05, 0.1) is 16.3 Å². The number of piperidine rings is 1. The molecular formula is C18H25N5O4S. The molecular weight excluding hydrogens is 382 g/mol. The Morgan fingerprint density at radius 2 is 1.89 bits per heavy atom. The molecule has 0 saturated carbocycles. The largest absolute Gasteiger partial charge is 0.376 e. The van der Waals surface area contributed by atoms with Gasteiger partial charge >= 0.3 is 0 Å². The first-order chi connectivity index (χ1) is 13.3. The fourth-order valence-corrected chi connectivity index (χ4v) is 4.80. The highest BCUT2D eigenvalue weighted by Gasteiger charge is 2.27.